The van der Waals surface area contributed by atoms with Gasteiger partial charge in [-0.25, -0.2) is 4.98 Å². The summed E-state index contributed by atoms with van der Waals surface area (Å²) in [6.45, 7) is 10.8. The number of hydrogen-bond acceptors (Lipinski definition) is 3. The molecule has 0 aliphatic carbocycles. The molecule has 0 bridgehead atoms. The monoisotopic (exact) mass is 449 g/mol. The maximum absolute atomic E-state index is 4.68. The molecule has 3 heterocycles. The molecule has 0 N–H and O–H groups in total. The topological polar surface area (TPSA) is 48.5 Å². The van der Waals surface area contributed by atoms with Crippen LogP contribution in [0.5, 0.6) is 0 Å². The van der Waals surface area contributed by atoms with Crippen molar-refractivity contribution in [2.75, 3.05) is 0 Å². The Morgan fingerprint density at radius 1 is 0.882 bits per heavy atom. The van der Waals surface area contributed by atoms with Crippen LogP contribution in [0.3, 0.4) is 0 Å². The minimum Gasteiger partial charge on any atom is -0.323 e. The van der Waals surface area contributed by atoms with E-state index in [9.17, 15) is 0 Å². The van der Waals surface area contributed by atoms with Gasteiger partial charge in [-0.15, -0.1) is 10.2 Å². The van der Waals surface area contributed by atoms with Crippen LogP contribution in [0.2, 0.25) is 0 Å². The Bertz CT molecular complexity index is 1410. The van der Waals surface area contributed by atoms with Crippen molar-refractivity contribution in [3.8, 4) is 28.3 Å². The Morgan fingerprint density at radius 2 is 1.68 bits per heavy atom. The van der Waals surface area contributed by atoms with Gasteiger partial charge in [0.25, 0.3) is 0 Å². The van der Waals surface area contributed by atoms with E-state index in [4.69, 9.17) is 0 Å². The second-order valence-corrected chi connectivity index (χ2v) is 9.10. The van der Waals surface area contributed by atoms with Gasteiger partial charge in [0.05, 0.1) is 18.1 Å². The van der Waals surface area contributed by atoms with E-state index in [-0.39, 0.29) is 6.04 Å². The zero-order valence-corrected chi connectivity index (χ0v) is 20.6. The molecule has 34 heavy (non-hydrogen) atoms. The van der Waals surface area contributed by atoms with Gasteiger partial charge < -0.3 is 9.13 Å². The summed E-state index contributed by atoms with van der Waals surface area (Å²) in [5.41, 5.74) is 10.4. The average Bonchev–Trinajstić information content (AvgIpc) is 3.49. The second kappa shape index (κ2) is 8.90. The van der Waals surface area contributed by atoms with Crippen LogP contribution >= 0.6 is 0 Å². The van der Waals surface area contributed by atoms with Crippen LogP contribution in [-0.4, -0.2) is 24.3 Å². The van der Waals surface area contributed by atoms with Gasteiger partial charge in [-0.05, 0) is 68.5 Å². The van der Waals surface area contributed by atoms with Crippen LogP contribution in [0.1, 0.15) is 54.8 Å². The van der Waals surface area contributed by atoms with Gasteiger partial charge in [-0.2, -0.15) is 0 Å². The van der Waals surface area contributed by atoms with E-state index in [1.54, 1.807) is 0 Å². The smallest absolute Gasteiger partial charge is 0.165 e. The maximum Gasteiger partial charge on any atom is 0.165 e. The zero-order valence-electron chi connectivity index (χ0n) is 20.6. The summed E-state index contributed by atoms with van der Waals surface area (Å²) in [5.74, 6) is 0.924. The third-order valence-electron chi connectivity index (χ3n) is 6.73. The molecule has 2 aliphatic heterocycles. The Hall–Kier alpha value is -3.73. The van der Waals surface area contributed by atoms with Crippen LogP contribution in [0.15, 0.2) is 67.3 Å². The largest absolute Gasteiger partial charge is 0.323 e. The minimum absolute atomic E-state index is 0.164. The maximum atomic E-state index is 4.68. The molecule has 0 spiro atoms. The molecule has 5 heteroatoms. The number of hydrogen-bond donors (Lipinski definition) is 0. The summed E-state index contributed by atoms with van der Waals surface area (Å²) in [4.78, 5) is 4.39. The minimum atomic E-state index is 0.164. The van der Waals surface area contributed by atoms with Gasteiger partial charge in [-0.1, -0.05) is 49.7 Å². The van der Waals surface area contributed by atoms with Crippen molar-refractivity contribution in [1.82, 2.24) is 24.3 Å². The lowest BCUT2D eigenvalue weighted by atomic mass is 9.99. The van der Waals surface area contributed by atoms with E-state index in [0.29, 0.717) is 0 Å². The van der Waals surface area contributed by atoms with Crippen molar-refractivity contribution in [2.45, 2.75) is 53.5 Å². The number of imidazole rings is 1. The Labute approximate surface area is 201 Å². The van der Waals surface area contributed by atoms with Gasteiger partial charge in [0.15, 0.2) is 5.82 Å². The number of pyridine rings is 1. The van der Waals surface area contributed by atoms with E-state index in [2.05, 4.69) is 113 Å². The predicted octanol–water partition coefficient (Wildman–Crippen LogP) is 6.59. The number of fused-ring (bicyclic) bond motifs is 1. The lowest BCUT2D eigenvalue weighted by Gasteiger charge is -2.21. The molecule has 172 valence electrons. The molecule has 2 aliphatic rings. The van der Waals surface area contributed by atoms with Gasteiger partial charge in [0.1, 0.15) is 5.69 Å². The second-order valence-electron chi connectivity index (χ2n) is 9.10. The molecule has 0 radical (unpaired) electrons. The standard InChI is InChI=1S/C29H31N5/c1-6-22-14-26-28(25-12-13-27(23(7-2)15-25)33-16-20(4)30-18-33)31-32-29(26)34(17-22)21(5)24-10-8-19(3)9-11-24/h8-18,21H,6-7H2,1-5H3. The number of rotatable bonds is 6. The van der Waals surface area contributed by atoms with Crippen molar-refractivity contribution < 1.29 is 0 Å². The predicted molar refractivity (Wildman–Crippen MR) is 138 cm³/mol. The molecular formula is C29H31N5. The van der Waals surface area contributed by atoms with E-state index < -0.39 is 0 Å². The molecule has 5 rings (SSSR count). The highest BCUT2D eigenvalue weighted by molar-refractivity contribution is 5.80. The highest BCUT2D eigenvalue weighted by Gasteiger charge is 2.22. The van der Waals surface area contributed by atoms with Crippen LogP contribution < -0.4 is 0 Å². The first-order valence-corrected chi connectivity index (χ1v) is 12.1. The number of nitrogens with zero attached hydrogens (tertiary/aromatic N) is 5. The molecule has 0 fully saturated rings. The first-order chi connectivity index (χ1) is 16.5. The summed E-state index contributed by atoms with van der Waals surface area (Å²) in [5, 5.41) is 9.36. The lowest BCUT2D eigenvalue weighted by Crippen LogP contribution is -2.12. The van der Waals surface area contributed by atoms with Crippen molar-refractivity contribution in [1.29, 1.82) is 0 Å². The summed E-state index contributed by atoms with van der Waals surface area (Å²) in [7, 11) is 0. The highest BCUT2D eigenvalue weighted by atomic mass is 15.2. The molecule has 5 nitrogen and oxygen atoms in total. The number of aromatic nitrogens is 5. The van der Waals surface area contributed by atoms with Crippen LogP contribution in [0.4, 0.5) is 0 Å². The molecular weight excluding hydrogens is 418 g/mol. The summed E-state index contributed by atoms with van der Waals surface area (Å²) in [6, 6.07) is 17.7. The molecule has 1 atom stereocenters. The number of aryl methyl sites for hydroxylation is 4. The fourth-order valence-electron chi connectivity index (χ4n) is 4.63. The normalized spacial score (nSPS) is 12.4. The van der Waals surface area contributed by atoms with E-state index in [1.165, 1.54) is 22.3 Å². The van der Waals surface area contributed by atoms with Gasteiger partial charge in [0, 0.05) is 29.2 Å². The third-order valence-corrected chi connectivity index (χ3v) is 6.73. The van der Waals surface area contributed by atoms with E-state index in [0.717, 1.165) is 46.9 Å². The van der Waals surface area contributed by atoms with Gasteiger partial charge in [-0.3, -0.25) is 0 Å². The van der Waals surface area contributed by atoms with Gasteiger partial charge in [0.2, 0.25) is 0 Å². The van der Waals surface area contributed by atoms with Gasteiger partial charge >= 0.3 is 0 Å². The molecule has 1 aromatic heterocycles. The Kier molecular flexibility index (Phi) is 5.78. The first-order valence-electron chi connectivity index (χ1n) is 12.1. The SMILES string of the molecule is CCc1cc2c(-c3ccc(-n4cnc(C)c4)c(CC)c3)nnc-2n(C(C)c2ccc(C)cc2)c1. The van der Waals surface area contributed by atoms with Crippen molar-refractivity contribution >= 4 is 0 Å². The lowest BCUT2D eigenvalue weighted by molar-refractivity contribution is 0.627. The fraction of sp³-hybridized carbons (Fsp3) is 0.276. The van der Waals surface area contributed by atoms with E-state index in [1.807, 2.05) is 13.3 Å². The fourth-order valence-corrected chi connectivity index (χ4v) is 4.63. The zero-order chi connectivity index (χ0) is 23.8. The summed E-state index contributed by atoms with van der Waals surface area (Å²) < 4.78 is 4.37. The van der Waals surface area contributed by atoms with Crippen molar-refractivity contribution in [3.63, 3.8) is 0 Å². The van der Waals surface area contributed by atoms with Crippen LogP contribution in [-0.2, 0) is 12.8 Å². The van der Waals surface area contributed by atoms with Crippen molar-refractivity contribution in [3.05, 3.63) is 95.2 Å². The van der Waals surface area contributed by atoms with Crippen molar-refractivity contribution in [2.24, 2.45) is 0 Å². The molecule has 0 saturated carbocycles. The third kappa shape index (κ3) is 3.92. The van der Waals surface area contributed by atoms with E-state index >= 15 is 0 Å². The van der Waals surface area contributed by atoms with Crippen LogP contribution in [0.25, 0.3) is 28.3 Å². The molecule has 3 aromatic rings. The highest BCUT2D eigenvalue weighted by Crippen LogP contribution is 2.36. The Morgan fingerprint density at radius 3 is 2.35 bits per heavy atom. The first kappa shape index (κ1) is 22.1. The number of benzene rings is 2. The van der Waals surface area contributed by atoms with Crippen LogP contribution in [0, 0.1) is 13.8 Å². The summed E-state index contributed by atoms with van der Waals surface area (Å²) in [6.07, 6.45) is 8.06. The Balaban J connectivity index is 1.59. The quantitative estimate of drug-likeness (QED) is 0.294. The average molecular weight is 450 g/mol. The summed E-state index contributed by atoms with van der Waals surface area (Å²) >= 11 is 0. The molecule has 2 aromatic carbocycles. The molecule has 0 saturated heterocycles. The molecule has 0 amide bonds. The molecule has 1 unspecified atom stereocenters.